The van der Waals surface area contributed by atoms with E-state index in [1.807, 2.05) is 6.07 Å². The van der Waals surface area contributed by atoms with Gasteiger partial charge in [0.2, 0.25) is 0 Å². The van der Waals surface area contributed by atoms with Crippen LogP contribution in [0.15, 0.2) is 36.7 Å². The molecule has 0 unspecified atom stereocenters. The maximum Gasteiger partial charge on any atom is 0.122 e. The van der Waals surface area contributed by atoms with E-state index in [1.54, 1.807) is 6.33 Å². The molecule has 0 aliphatic rings. The third-order valence-corrected chi connectivity index (χ3v) is 2.82. The number of benzene rings is 1. The van der Waals surface area contributed by atoms with Gasteiger partial charge >= 0.3 is 0 Å². The summed E-state index contributed by atoms with van der Waals surface area (Å²) < 4.78 is 1.06. The molecular formula is C10H9IN2. The molecule has 3 heteroatoms. The van der Waals surface area contributed by atoms with Crippen molar-refractivity contribution in [3.05, 3.63) is 51.6 Å². The predicted molar refractivity (Wildman–Crippen MR) is 60.6 cm³/mol. The SMILES string of the molecule is Ic1nc[nH]c1Cc1ccccc1. The third-order valence-electron chi connectivity index (χ3n) is 1.89. The molecule has 0 atom stereocenters. The van der Waals surface area contributed by atoms with Gasteiger partial charge in [0.25, 0.3) is 0 Å². The van der Waals surface area contributed by atoms with Gasteiger partial charge in [0.15, 0.2) is 0 Å². The Bertz CT molecular complexity index is 381. The predicted octanol–water partition coefficient (Wildman–Crippen LogP) is 2.61. The van der Waals surface area contributed by atoms with Crippen molar-refractivity contribution in [2.24, 2.45) is 0 Å². The second-order valence-electron chi connectivity index (χ2n) is 2.83. The lowest BCUT2D eigenvalue weighted by Crippen LogP contribution is -1.90. The Morgan fingerprint density at radius 3 is 2.62 bits per heavy atom. The van der Waals surface area contributed by atoms with Crippen LogP contribution < -0.4 is 0 Å². The summed E-state index contributed by atoms with van der Waals surface area (Å²) in [6.45, 7) is 0. The number of hydrogen-bond donors (Lipinski definition) is 1. The van der Waals surface area contributed by atoms with Gasteiger partial charge in [-0.3, -0.25) is 0 Å². The van der Waals surface area contributed by atoms with Crippen LogP contribution in [0.1, 0.15) is 11.3 Å². The Kier molecular flexibility index (Phi) is 2.63. The number of rotatable bonds is 2. The average Bonchev–Trinajstić information content (AvgIpc) is 2.54. The number of hydrogen-bond acceptors (Lipinski definition) is 1. The van der Waals surface area contributed by atoms with Crippen LogP contribution in [0.5, 0.6) is 0 Å². The van der Waals surface area contributed by atoms with Crippen molar-refractivity contribution in [2.75, 3.05) is 0 Å². The van der Waals surface area contributed by atoms with Crippen LogP contribution in [0.4, 0.5) is 0 Å². The van der Waals surface area contributed by atoms with Crippen LogP contribution in [0.25, 0.3) is 0 Å². The molecule has 2 aromatic rings. The maximum atomic E-state index is 4.14. The van der Waals surface area contributed by atoms with Crippen molar-refractivity contribution in [1.29, 1.82) is 0 Å². The highest BCUT2D eigenvalue weighted by atomic mass is 127. The number of imidazole rings is 1. The van der Waals surface area contributed by atoms with Crippen LogP contribution in [0, 0.1) is 3.70 Å². The number of H-pyrrole nitrogens is 1. The first-order valence-electron chi connectivity index (χ1n) is 4.08. The first kappa shape index (κ1) is 8.74. The zero-order valence-electron chi connectivity index (χ0n) is 7.00. The Hall–Kier alpha value is -0.840. The summed E-state index contributed by atoms with van der Waals surface area (Å²) in [6.07, 6.45) is 2.67. The first-order valence-corrected chi connectivity index (χ1v) is 5.16. The molecule has 0 aliphatic heterocycles. The molecule has 1 aromatic carbocycles. The summed E-state index contributed by atoms with van der Waals surface area (Å²) in [6, 6.07) is 10.4. The summed E-state index contributed by atoms with van der Waals surface area (Å²) in [5.74, 6) is 0. The highest BCUT2D eigenvalue weighted by Gasteiger charge is 2.01. The van der Waals surface area contributed by atoms with Gasteiger partial charge in [-0.25, -0.2) is 4.98 Å². The number of aromatic nitrogens is 2. The van der Waals surface area contributed by atoms with Gasteiger partial charge in [0, 0.05) is 6.42 Å². The zero-order valence-corrected chi connectivity index (χ0v) is 9.15. The lowest BCUT2D eigenvalue weighted by molar-refractivity contribution is 1.10. The van der Waals surface area contributed by atoms with Gasteiger partial charge in [0.1, 0.15) is 3.70 Å². The molecule has 66 valence electrons. The molecule has 0 fully saturated rings. The molecule has 13 heavy (non-hydrogen) atoms. The van der Waals surface area contributed by atoms with E-state index < -0.39 is 0 Å². The lowest BCUT2D eigenvalue weighted by Gasteiger charge is -1.98. The van der Waals surface area contributed by atoms with Crippen molar-refractivity contribution in [1.82, 2.24) is 9.97 Å². The van der Waals surface area contributed by atoms with Gasteiger partial charge in [0.05, 0.1) is 12.0 Å². The summed E-state index contributed by atoms with van der Waals surface area (Å²) in [4.78, 5) is 7.28. The molecule has 2 nitrogen and oxygen atoms in total. The second-order valence-corrected chi connectivity index (χ2v) is 3.86. The summed E-state index contributed by atoms with van der Waals surface area (Å²) >= 11 is 2.24. The van der Waals surface area contributed by atoms with Crippen LogP contribution in [-0.2, 0) is 6.42 Å². The Labute approximate surface area is 90.5 Å². The quantitative estimate of drug-likeness (QED) is 0.844. The highest BCUT2D eigenvalue weighted by molar-refractivity contribution is 14.1. The van der Waals surface area contributed by atoms with Gasteiger partial charge in [-0.1, -0.05) is 30.3 Å². The molecular weight excluding hydrogens is 275 g/mol. The Morgan fingerprint density at radius 2 is 2.00 bits per heavy atom. The Morgan fingerprint density at radius 1 is 1.23 bits per heavy atom. The fourth-order valence-corrected chi connectivity index (χ4v) is 1.71. The van der Waals surface area contributed by atoms with Crippen molar-refractivity contribution in [3.63, 3.8) is 0 Å². The minimum atomic E-state index is 0.930. The van der Waals surface area contributed by atoms with Crippen LogP contribution in [-0.4, -0.2) is 9.97 Å². The van der Waals surface area contributed by atoms with E-state index >= 15 is 0 Å². The van der Waals surface area contributed by atoms with Crippen LogP contribution in [0.3, 0.4) is 0 Å². The highest BCUT2D eigenvalue weighted by Crippen LogP contribution is 2.11. The molecule has 0 aliphatic carbocycles. The molecule has 0 radical (unpaired) electrons. The lowest BCUT2D eigenvalue weighted by atomic mass is 10.1. The van der Waals surface area contributed by atoms with E-state index in [1.165, 1.54) is 11.3 Å². The molecule has 0 amide bonds. The molecule has 0 saturated carbocycles. The molecule has 1 aromatic heterocycles. The summed E-state index contributed by atoms with van der Waals surface area (Å²) in [5, 5.41) is 0. The monoisotopic (exact) mass is 284 g/mol. The largest absolute Gasteiger partial charge is 0.347 e. The number of halogens is 1. The fourth-order valence-electron chi connectivity index (χ4n) is 1.23. The van der Waals surface area contributed by atoms with Gasteiger partial charge < -0.3 is 4.98 Å². The first-order chi connectivity index (χ1) is 6.36. The number of aromatic amines is 1. The topological polar surface area (TPSA) is 28.7 Å². The standard InChI is InChI=1S/C10H9IN2/c11-10-9(12-7-13-10)6-8-4-2-1-3-5-8/h1-5,7H,6H2,(H,12,13). The zero-order chi connectivity index (χ0) is 9.10. The second kappa shape index (κ2) is 3.91. The molecule has 0 spiro atoms. The molecule has 0 saturated heterocycles. The minimum Gasteiger partial charge on any atom is -0.347 e. The van der Waals surface area contributed by atoms with E-state index in [4.69, 9.17) is 0 Å². The van der Waals surface area contributed by atoms with Gasteiger partial charge in [-0.15, -0.1) is 0 Å². The Balaban J connectivity index is 2.20. The van der Waals surface area contributed by atoms with Gasteiger partial charge in [-0.2, -0.15) is 0 Å². The van der Waals surface area contributed by atoms with Crippen LogP contribution in [0.2, 0.25) is 0 Å². The molecule has 0 bridgehead atoms. The maximum absolute atomic E-state index is 4.14. The van der Waals surface area contributed by atoms with Crippen molar-refractivity contribution in [3.8, 4) is 0 Å². The normalized spacial score (nSPS) is 10.2. The third kappa shape index (κ3) is 2.09. The van der Waals surface area contributed by atoms with Crippen molar-refractivity contribution < 1.29 is 0 Å². The number of nitrogens with zero attached hydrogens (tertiary/aromatic N) is 1. The van der Waals surface area contributed by atoms with E-state index in [2.05, 4.69) is 56.8 Å². The van der Waals surface area contributed by atoms with Crippen molar-refractivity contribution >= 4 is 22.6 Å². The molecule has 1 N–H and O–H groups in total. The minimum absolute atomic E-state index is 0.930. The van der Waals surface area contributed by atoms with Crippen LogP contribution >= 0.6 is 22.6 Å². The smallest absolute Gasteiger partial charge is 0.122 e. The summed E-state index contributed by atoms with van der Waals surface area (Å²) in [7, 11) is 0. The molecule has 1 heterocycles. The van der Waals surface area contributed by atoms with E-state index in [0.29, 0.717) is 0 Å². The van der Waals surface area contributed by atoms with Crippen molar-refractivity contribution in [2.45, 2.75) is 6.42 Å². The van der Waals surface area contributed by atoms with Gasteiger partial charge in [-0.05, 0) is 28.2 Å². The average molecular weight is 284 g/mol. The summed E-state index contributed by atoms with van der Waals surface area (Å²) in [5.41, 5.74) is 2.50. The molecule has 2 rings (SSSR count). The number of nitrogens with one attached hydrogen (secondary N) is 1. The fraction of sp³-hybridized carbons (Fsp3) is 0.100. The van der Waals surface area contributed by atoms with E-state index in [0.717, 1.165) is 10.1 Å². The van der Waals surface area contributed by atoms with E-state index in [-0.39, 0.29) is 0 Å². The van der Waals surface area contributed by atoms with E-state index in [9.17, 15) is 0 Å².